The van der Waals surface area contributed by atoms with E-state index in [1.807, 2.05) is 0 Å². The third kappa shape index (κ3) is 5.34. The van der Waals surface area contributed by atoms with Gasteiger partial charge in [-0.15, -0.1) is 0 Å². The zero-order valence-corrected chi connectivity index (χ0v) is 17.1. The number of sulfonamides is 1. The van der Waals surface area contributed by atoms with Crippen LogP contribution in [0.2, 0.25) is 10.0 Å². The molecule has 0 saturated carbocycles. The van der Waals surface area contributed by atoms with E-state index in [4.69, 9.17) is 23.2 Å². The van der Waals surface area contributed by atoms with Gasteiger partial charge in [-0.2, -0.15) is 0 Å². The Kier molecular flexibility index (Phi) is 7.08. The van der Waals surface area contributed by atoms with Gasteiger partial charge in [-0.3, -0.25) is 9.10 Å². The Labute approximate surface area is 168 Å². The third-order valence-electron chi connectivity index (χ3n) is 3.90. The number of nitrogens with zero attached hydrogens (tertiary/aromatic N) is 1. The van der Waals surface area contributed by atoms with Crippen LogP contribution >= 0.6 is 23.2 Å². The first-order valence-corrected chi connectivity index (χ1v) is 10.7. The first-order chi connectivity index (χ1) is 12.6. The van der Waals surface area contributed by atoms with Crippen LogP contribution < -0.4 is 9.62 Å². The number of carbonyl (C=O) groups is 1. The Morgan fingerprint density at radius 3 is 2.41 bits per heavy atom. The summed E-state index contributed by atoms with van der Waals surface area (Å²) in [4.78, 5) is 12.7. The highest BCUT2D eigenvalue weighted by molar-refractivity contribution is 7.92. The SMILES string of the molecule is CCC(C(=O)NCc1ccccc1Cl)N(c1ccc(F)c(Cl)c1)S(C)(=O)=O. The standard InChI is InChI=1S/C18H19Cl2FN2O3S/c1-3-17(18(24)22-11-12-6-4-5-7-14(12)19)23(27(2,25)26)13-8-9-16(21)15(20)10-13/h4-10,17H,3,11H2,1-2H3,(H,22,24). The van der Waals surface area contributed by atoms with Gasteiger partial charge in [0.25, 0.3) is 0 Å². The van der Waals surface area contributed by atoms with E-state index in [1.54, 1.807) is 31.2 Å². The molecule has 1 N–H and O–H groups in total. The highest BCUT2D eigenvalue weighted by atomic mass is 35.5. The minimum absolute atomic E-state index is 0.114. The van der Waals surface area contributed by atoms with Gasteiger partial charge >= 0.3 is 0 Å². The van der Waals surface area contributed by atoms with Crippen LogP contribution in [0.4, 0.5) is 10.1 Å². The molecule has 27 heavy (non-hydrogen) atoms. The lowest BCUT2D eigenvalue weighted by Gasteiger charge is -2.30. The number of carbonyl (C=O) groups excluding carboxylic acids is 1. The Balaban J connectivity index is 2.30. The molecule has 0 aliphatic carbocycles. The van der Waals surface area contributed by atoms with Gasteiger partial charge in [0.2, 0.25) is 15.9 Å². The molecular formula is C18H19Cl2FN2O3S. The van der Waals surface area contributed by atoms with Crippen molar-refractivity contribution < 1.29 is 17.6 Å². The zero-order chi connectivity index (χ0) is 20.2. The molecule has 2 aromatic carbocycles. The summed E-state index contributed by atoms with van der Waals surface area (Å²) in [7, 11) is -3.83. The molecule has 0 aliphatic heterocycles. The van der Waals surface area contributed by atoms with Gasteiger partial charge < -0.3 is 5.32 Å². The van der Waals surface area contributed by atoms with Gasteiger partial charge in [0.1, 0.15) is 11.9 Å². The maximum atomic E-state index is 13.5. The summed E-state index contributed by atoms with van der Waals surface area (Å²) in [5.41, 5.74) is 0.821. The van der Waals surface area contributed by atoms with Gasteiger partial charge in [-0.25, -0.2) is 12.8 Å². The summed E-state index contributed by atoms with van der Waals surface area (Å²) in [6, 6.07) is 9.50. The summed E-state index contributed by atoms with van der Waals surface area (Å²) in [5, 5.41) is 2.97. The summed E-state index contributed by atoms with van der Waals surface area (Å²) >= 11 is 11.9. The zero-order valence-electron chi connectivity index (χ0n) is 14.7. The van der Waals surface area contributed by atoms with E-state index in [-0.39, 0.29) is 23.7 Å². The molecule has 0 radical (unpaired) electrons. The summed E-state index contributed by atoms with van der Waals surface area (Å²) < 4.78 is 39.1. The Bertz CT molecular complexity index is 938. The Hall–Kier alpha value is -1.83. The van der Waals surface area contributed by atoms with Crippen molar-refractivity contribution in [3.05, 3.63) is 63.9 Å². The summed E-state index contributed by atoms with van der Waals surface area (Å²) in [6.45, 7) is 1.83. The molecule has 1 amide bonds. The van der Waals surface area contributed by atoms with E-state index in [1.165, 1.54) is 12.1 Å². The molecule has 1 unspecified atom stereocenters. The second-order valence-corrected chi connectivity index (χ2v) is 8.56. The van der Waals surface area contributed by atoms with Crippen LogP contribution in [0.25, 0.3) is 0 Å². The lowest BCUT2D eigenvalue weighted by molar-refractivity contribution is -0.122. The van der Waals surface area contributed by atoms with Crippen LogP contribution in [0.5, 0.6) is 0 Å². The second kappa shape index (κ2) is 8.91. The first kappa shape index (κ1) is 21.5. The number of halogens is 3. The molecule has 1 atom stereocenters. The Morgan fingerprint density at radius 1 is 1.19 bits per heavy atom. The maximum Gasteiger partial charge on any atom is 0.244 e. The van der Waals surface area contributed by atoms with Crippen molar-refractivity contribution in [2.45, 2.75) is 25.9 Å². The highest BCUT2D eigenvalue weighted by Crippen LogP contribution is 2.27. The number of hydrogen-bond donors (Lipinski definition) is 1. The van der Waals surface area contributed by atoms with E-state index in [0.29, 0.717) is 10.6 Å². The van der Waals surface area contributed by atoms with Crippen LogP contribution in [0.3, 0.4) is 0 Å². The quantitative estimate of drug-likeness (QED) is 0.718. The molecule has 0 aliphatic rings. The lowest BCUT2D eigenvalue weighted by atomic mass is 10.1. The fourth-order valence-corrected chi connectivity index (χ4v) is 4.21. The Morgan fingerprint density at radius 2 is 1.85 bits per heavy atom. The fourth-order valence-electron chi connectivity index (χ4n) is 2.62. The largest absolute Gasteiger partial charge is 0.350 e. The minimum Gasteiger partial charge on any atom is -0.350 e. The van der Waals surface area contributed by atoms with Crippen molar-refractivity contribution in [2.75, 3.05) is 10.6 Å². The van der Waals surface area contributed by atoms with Crippen molar-refractivity contribution >= 4 is 44.8 Å². The molecular weight excluding hydrogens is 414 g/mol. The van der Waals surface area contributed by atoms with Gasteiger partial charge in [0.15, 0.2) is 0 Å². The molecule has 9 heteroatoms. The van der Waals surface area contributed by atoms with Crippen LogP contribution in [0, 0.1) is 5.82 Å². The molecule has 2 rings (SSSR count). The number of nitrogens with one attached hydrogen (secondary N) is 1. The van der Waals surface area contributed by atoms with Crippen molar-refractivity contribution in [1.29, 1.82) is 0 Å². The number of benzene rings is 2. The van der Waals surface area contributed by atoms with Crippen LogP contribution in [0.15, 0.2) is 42.5 Å². The van der Waals surface area contributed by atoms with Crippen molar-refractivity contribution in [3.63, 3.8) is 0 Å². The van der Waals surface area contributed by atoms with Gasteiger partial charge in [-0.05, 0) is 36.2 Å². The van der Waals surface area contributed by atoms with Crippen molar-refractivity contribution in [2.24, 2.45) is 0 Å². The van der Waals surface area contributed by atoms with Gasteiger partial charge in [-0.1, -0.05) is 48.3 Å². The molecule has 0 fully saturated rings. The third-order valence-corrected chi connectivity index (χ3v) is 5.74. The summed E-state index contributed by atoms with van der Waals surface area (Å²) in [5.74, 6) is -1.17. The monoisotopic (exact) mass is 432 g/mol. The first-order valence-electron chi connectivity index (χ1n) is 8.10. The average molecular weight is 433 g/mol. The van der Waals surface area contributed by atoms with Crippen LogP contribution in [-0.4, -0.2) is 26.6 Å². The maximum absolute atomic E-state index is 13.5. The number of amides is 1. The molecule has 0 heterocycles. The molecule has 0 aromatic heterocycles. The fraction of sp³-hybridized carbons (Fsp3) is 0.278. The summed E-state index contributed by atoms with van der Waals surface area (Å²) in [6.07, 6.45) is 1.19. The smallest absolute Gasteiger partial charge is 0.244 e. The molecule has 2 aromatic rings. The average Bonchev–Trinajstić information content (AvgIpc) is 2.60. The number of hydrogen-bond acceptors (Lipinski definition) is 3. The number of rotatable bonds is 7. The van der Waals surface area contributed by atoms with Crippen molar-refractivity contribution in [3.8, 4) is 0 Å². The molecule has 0 saturated heterocycles. The van der Waals surface area contributed by atoms with E-state index in [2.05, 4.69) is 5.32 Å². The minimum atomic E-state index is -3.83. The number of anilines is 1. The predicted octanol–water partition coefficient (Wildman–Crippen LogP) is 3.99. The van der Waals surface area contributed by atoms with E-state index in [9.17, 15) is 17.6 Å². The van der Waals surface area contributed by atoms with Crippen LogP contribution in [-0.2, 0) is 21.4 Å². The normalized spacial score (nSPS) is 12.5. The molecule has 5 nitrogen and oxygen atoms in total. The predicted molar refractivity (Wildman–Crippen MR) is 106 cm³/mol. The molecule has 0 spiro atoms. The van der Waals surface area contributed by atoms with Gasteiger partial charge in [0, 0.05) is 11.6 Å². The van der Waals surface area contributed by atoms with Crippen molar-refractivity contribution in [1.82, 2.24) is 5.32 Å². The lowest BCUT2D eigenvalue weighted by Crippen LogP contribution is -2.49. The highest BCUT2D eigenvalue weighted by Gasteiger charge is 2.31. The second-order valence-electron chi connectivity index (χ2n) is 5.89. The molecule has 146 valence electrons. The van der Waals surface area contributed by atoms with Gasteiger partial charge in [0.05, 0.1) is 17.0 Å². The van der Waals surface area contributed by atoms with E-state index >= 15 is 0 Å². The van der Waals surface area contributed by atoms with E-state index in [0.717, 1.165) is 16.6 Å². The van der Waals surface area contributed by atoms with E-state index < -0.39 is 27.8 Å². The van der Waals surface area contributed by atoms with Crippen LogP contribution in [0.1, 0.15) is 18.9 Å². The molecule has 0 bridgehead atoms. The topological polar surface area (TPSA) is 66.5 Å².